The van der Waals surface area contributed by atoms with Gasteiger partial charge in [-0.15, -0.1) is 0 Å². The number of nitrogens with one attached hydrogen (secondary N) is 2. The molecule has 1 atom stereocenters. The van der Waals surface area contributed by atoms with Gasteiger partial charge in [0.25, 0.3) is 0 Å². The maximum atomic E-state index is 12.2. The standard InChI is InChI=1S/C27H34N6O5/c28-24-21(25-29-12-5-13-30-25)8-4-9-23(24)32-14-10-20(11-15-32)33(18-34)16-22(26(35)36)31-27(37)38-17-19-6-2-1-3-7-19/h1-4,6-9,18,20,22H,5,10-17,28H2,(H,29,30)(H,31,37)(H,35,36)/t22-/m0/s1. The van der Waals surface area contributed by atoms with Crippen LogP contribution in [0.1, 0.15) is 30.4 Å². The first-order valence-corrected chi connectivity index (χ1v) is 12.8. The molecule has 5 N–H and O–H groups in total. The molecule has 0 aromatic heterocycles. The van der Waals surface area contributed by atoms with Crippen molar-refractivity contribution in [2.75, 3.05) is 43.4 Å². The maximum Gasteiger partial charge on any atom is 0.408 e. The van der Waals surface area contributed by atoms with Gasteiger partial charge in [-0.05, 0) is 37.0 Å². The molecule has 2 aromatic carbocycles. The fourth-order valence-corrected chi connectivity index (χ4v) is 4.77. The first kappa shape index (κ1) is 26.8. The van der Waals surface area contributed by atoms with E-state index < -0.39 is 18.1 Å². The summed E-state index contributed by atoms with van der Waals surface area (Å²) in [5, 5.41) is 15.3. The van der Waals surface area contributed by atoms with Gasteiger partial charge in [-0.25, -0.2) is 9.59 Å². The topological polar surface area (TPSA) is 150 Å². The van der Waals surface area contributed by atoms with E-state index in [0.717, 1.165) is 42.2 Å². The average molecular weight is 523 g/mol. The SMILES string of the molecule is Nc1c(C2=NCCCN2)cccc1N1CCC(N(C=O)C[C@H](NC(=O)OCc2ccccc2)C(=O)O)CC1. The molecule has 0 unspecified atom stereocenters. The van der Waals surface area contributed by atoms with Crippen LogP contribution in [0.2, 0.25) is 0 Å². The molecule has 1 fully saturated rings. The molecular formula is C27H34N6O5. The van der Waals surface area contributed by atoms with Gasteiger partial charge in [-0.2, -0.15) is 0 Å². The number of aliphatic carboxylic acids is 1. The highest BCUT2D eigenvalue weighted by Crippen LogP contribution is 2.30. The van der Waals surface area contributed by atoms with Crippen molar-refractivity contribution < 1.29 is 24.2 Å². The summed E-state index contributed by atoms with van der Waals surface area (Å²) in [6.07, 6.45) is 2.06. The number of anilines is 2. The molecule has 0 spiro atoms. The number of aliphatic imine (C=N–C) groups is 1. The molecule has 2 aromatic rings. The molecule has 4 rings (SSSR count). The number of nitrogen functional groups attached to an aromatic ring is 1. The second-order valence-corrected chi connectivity index (χ2v) is 9.37. The largest absolute Gasteiger partial charge is 0.480 e. The van der Waals surface area contributed by atoms with Gasteiger partial charge >= 0.3 is 12.1 Å². The third kappa shape index (κ3) is 6.72. The van der Waals surface area contributed by atoms with Gasteiger partial charge in [0, 0.05) is 37.8 Å². The number of piperidine rings is 1. The highest BCUT2D eigenvalue weighted by Gasteiger charge is 2.30. The van der Waals surface area contributed by atoms with Gasteiger partial charge in [-0.1, -0.05) is 36.4 Å². The van der Waals surface area contributed by atoms with Crippen molar-refractivity contribution in [2.45, 2.75) is 38.0 Å². The molecule has 11 nitrogen and oxygen atoms in total. The van der Waals surface area contributed by atoms with Crippen LogP contribution in [-0.4, -0.2) is 79.1 Å². The van der Waals surface area contributed by atoms with E-state index in [0.29, 0.717) is 38.0 Å². The summed E-state index contributed by atoms with van der Waals surface area (Å²) in [5.74, 6) is -0.429. The van der Waals surface area contributed by atoms with Crippen LogP contribution >= 0.6 is 0 Å². The summed E-state index contributed by atoms with van der Waals surface area (Å²) in [5.41, 5.74) is 9.77. The van der Waals surface area contributed by atoms with Crippen molar-refractivity contribution in [2.24, 2.45) is 4.99 Å². The number of hydrogen-bond donors (Lipinski definition) is 4. The van der Waals surface area contributed by atoms with Gasteiger partial charge in [0.05, 0.1) is 17.9 Å². The zero-order valence-corrected chi connectivity index (χ0v) is 21.2. The summed E-state index contributed by atoms with van der Waals surface area (Å²) >= 11 is 0. The summed E-state index contributed by atoms with van der Waals surface area (Å²) in [6, 6.07) is 13.5. The van der Waals surface area contributed by atoms with E-state index in [-0.39, 0.29) is 19.2 Å². The molecule has 0 saturated carbocycles. The van der Waals surface area contributed by atoms with Gasteiger partial charge in [-0.3, -0.25) is 9.79 Å². The molecule has 2 heterocycles. The predicted octanol–water partition coefficient (Wildman–Crippen LogP) is 1.82. The van der Waals surface area contributed by atoms with Crippen molar-refractivity contribution in [3.05, 3.63) is 59.7 Å². The predicted molar refractivity (Wildman–Crippen MR) is 144 cm³/mol. The normalized spacial score (nSPS) is 16.5. The van der Waals surface area contributed by atoms with Crippen LogP contribution in [0.3, 0.4) is 0 Å². The first-order chi connectivity index (χ1) is 18.5. The number of para-hydroxylation sites is 1. The Morgan fingerprint density at radius 1 is 1.21 bits per heavy atom. The average Bonchev–Trinajstić information content (AvgIpc) is 2.95. The Kier molecular flexibility index (Phi) is 9.02. The Balaban J connectivity index is 1.33. The zero-order valence-electron chi connectivity index (χ0n) is 21.2. The monoisotopic (exact) mass is 522 g/mol. The summed E-state index contributed by atoms with van der Waals surface area (Å²) < 4.78 is 5.15. The smallest absolute Gasteiger partial charge is 0.408 e. The molecule has 2 amide bonds. The van der Waals surface area contributed by atoms with Gasteiger partial charge in [0.15, 0.2) is 0 Å². The lowest BCUT2D eigenvalue weighted by atomic mass is 10.0. The van der Waals surface area contributed by atoms with Crippen LogP contribution in [0.5, 0.6) is 0 Å². The first-order valence-electron chi connectivity index (χ1n) is 12.8. The number of carboxylic acids is 1. The van der Waals surface area contributed by atoms with Crippen LogP contribution < -0.4 is 21.3 Å². The number of carboxylic acid groups (broad SMARTS) is 1. The summed E-state index contributed by atoms with van der Waals surface area (Å²) in [6.45, 7) is 2.79. The number of nitrogens with two attached hydrogens (primary N) is 1. The molecule has 202 valence electrons. The third-order valence-electron chi connectivity index (χ3n) is 6.84. The highest BCUT2D eigenvalue weighted by molar-refractivity contribution is 6.05. The molecular weight excluding hydrogens is 488 g/mol. The van der Waals surface area contributed by atoms with E-state index in [1.165, 1.54) is 4.90 Å². The number of rotatable bonds is 10. The van der Waals surface area contributed by atoms with Crippen LogP contribution in [0.25, 0.3) is 0 Å². The number of amides is 2. The Hall–Kier alpha value is -4.28. The highest BCUT2D eigenvalue weighted by atomic mass is 16.5. The number of alkyl carbamates (subject to hydrolysis) is 1. The molecule has 38 heavy (non-hydrogen) atoms. The number of benzene rings is 2. The van der Waals surface area contributed by atoms with Gasteiger partial charge < -0.3 is 36.0 Å². The minimum Gasteiger partial charge on any atom is -0.480 e. The molecule has 0 aliphatic carbocycles. The van der Waals surface area contributed by atoms with Crippen molar-refractivity contribution in [1.82, 2.24) is 15.5 Å². The molecule has 0 bridgehead atoms. The Morgan fingerprint density at radius 2 is 1.97 bits per heavy atom. The Labute approximate surface area is 221 Å². The number of carbonyl (C=O) groups excluding carboxylic acids is 2. The van der Waals surface area contributed by atoms with E-state index >= 15 is 0 Å². The van der Waals surface area contributed by atoms with Crippen molar-refractivity contribution in [3.8, 4) is 0 Å². The van der Waals surface area contributed by atoms with E-state index in [1.807, 2.05) is 36.4 Å². The van der Waals surface area contributed by atoms with Crippen LogP contribution in [-0.2, 0) is 20.9 Å². The van der Waals surface area contributed by atoms with Crippen LogP contribution in [0, 0.1) is 0 Å². The van der Waals surface area contributed by atoms with E-state index in [2.05, 4.69) is 20.5 Å². The molecule has 1 saturated heterocycles. The number of amidine groups is 1. The molecule has 11 heteroatoms. The Bertz CT molecular complexity index is 1150. The van der Waals surface area contributed by atoms with E-state index in [4.69, 9.17) is 10.5 Å². The van der Waals surface area contributed by atoms with Crippen LogP contribution in [0.15, 0.2) is 53.5 Å². The summed E-state index contributed by atoms with van der Waals surface area (Å²) in [4.78, 5) is 44.2. The fourth-order valence-electron chi connectivity index (χ4n) is 4.77. The second kappa shape index (κ2) is 12.8. The lowest BCUT2D eigenvalue weighted by Crippen LogP contribution is -2.52. The van der Waals surface area contributed by atoms with Crippen molar-refractivity contribution >= 4 is 35.7 Å². The lowest BCUT2D eigenvalue weighted by Gasteiger charge is -2.39. The minimum absolute atomic E-state index is 0.0165. The van der Waals surface area contributed by atoms with E-state index in [9.17, 15) is 19.5 Å². The van der Waals surface area contributed by atoms with Crippen LogP contribution in [0.4, 0.5) is 16.2 Å². The molecule has 2 aliphatic heterocycles. The fraction of sp³-hybridized carbons (Fsp3) is 0.407. The van der Waals surface area contributed by atoms with Crippen molar-refractivity contribution in [3.63, 3.8) is 0 Å². The number of hydrogen-bond acceptors (Lipinski definition) is 8. The number of ether oxygens (including phenoxy) is 1. The third-order valence-corrected chi connectivity index (χ3v) is 6.84. The van der Waals surface area contributed by atoms with Crippen molar-refractivity contribution in [1.29, 1.82) is 0 Å². The maximum absolute atomic E-state index is 12.2. The molecule has 2 aliphatic rings. The molecule has 0 radical (unpaired) electrons. The number of nitrogens with zero attached hydrogens (tertiary/aromatic N) is 3. The second-order valence-electron chi connectivity index (χ2n) is 9.37. The Morgan fingerprint density at radius 3 is 2.63 bits per heavy atom. The summed E-state index contributed by atoms with van der Waals surface area (Å²) in [7, 11) is 0. The van der Waals surface area contributed by atoms with E-state index in [1.54, 1.807) is 12.1 Å². The van der Waals surface area contributed by atoms with Gasteiger partial charge in [0.2, 0.25) is 6.41 Å². The quantitative estimate of drug-likeness (QED) is 0.273. The minimum atomic E-state index is -1.29. The number of carbonyl (C=O) groups is 3. The van der Waals surface area contributed by atoms with Gasteiger partial charge in [0.1, 0.15) is 18.5 Å². The lowest BCUT2D eigenvalue weighted by molar-refractivity contribution is -0.140. The zero-order chi connectivity index (χ0) is 26.9.